The lowest BCUT2D eigenvalue weighted by atomic mass is 10.2. The van der Waals surface area contributed by atoms with E-state index in [2.05, 4.69) is 27.2 Å². The molecular weight excluding hydrogens is 445 g/mol. The Labute approximate surface area is 173 Å². The van der Waals surface area contributed by atoms with Crippen LogP contribution in [0.1, 0.15) is 12.8 Å². The third-order valence-corrected chi connectivity index (χ3v) is 4.42. The predicted octanol–water partition coefficient (Wildman–Crippen LogP) is 2.08. The molecule has 8 heteroatoms. The Morgan fingerprint density at radius 3 is 2.46 bits per heavy atom. The monoisotopic (exact) mass is 477 g/mol. The number of nitrogens with two attached hydrogens (primary N) is 1. The lowest BCUT2D eigenvalue weighted by molar-refractivity contribution is 0.152. The Hall–Kier alpha value is -1.26. The maximum Gasteiger partial charge on any atom is 0.193 e. The van der Waals surface area contributed by atoms with E-state index in [0.717, 1.165) is 31.6 Å². The first kappa shape index (κ1) is 22.8. The average molecular weight is 477 g/mol. The fourth-order valence-electron chi connectivity index (χ4n) is 2.82. The van der Waals surface area contributed by atoms with Crippen molar-refractivity contribution in [3.63, 3.8) is 0 Å². The maximum absolute atomic E-state index is 5.96. The highest BCUT2D eigenvalue weighted by atomic mass is 127. The molecule has 0 radical (unpaired) electrons. The highest BCUT2D eigenvalue weighted by molar-refractivity contribution is 14.0. The van der Waals surface area contributed by atoms with Crippen LogP contribution in [0.4, 0.5) is 5.69 Å². The molecule has 0 atom stereocenters. The maximum atomic E-state index is 5.96. The number of unbranched alkanes of at least 4 members (excludes halogenated alkanes) is 1. The van der Waals surface area contributed by atoms with Crippen LogP contribution in [0.25, 0.3) is 0 Å². The predicted molar refractivity (Wildman–Crippen MR) is 118 cm³/mol. The second kappa shape index (κ2) is 12.2. The van der Waals surface area contributed by atoms with E-state index in [1.54, 1.807) is 14.2 Å². The van der Waals surface area contributed by atoms with Crippen LogP contribution >= 0.6 is 24.0 Å². The molecule has 0 aromatic heterocycles. The van der Waals surface area contributed by atoms with Crippen molar-refractivity contribution in [1.82, 2.24) is 9.80 Å². The number of nitrogens with zero attached hydrogens (tertiary/aromatic N) is 3. The highest BCUT2D eigenvalue weighted by Gasteiger charge is 2.12. The van der Waals surface area contributed by atoms with Gasteiger partial charge in [-0.2, -0.15) is 0 Å². The topological polar surface area (TPSA) is 75.4 Å². The molecule has 2 rings (SSSR count). The molecule has 0 bridgehead atoms. The molecule has 26 heavy (non-hydrogen) atoms. The minimum absolute atomic E-state index is 0. The molecule has 0 saturated carbocycles. The second-order valence-electron chi connectivity index (χ2n) is 6.31. The number of aliphatic imine (C=N–C) groups is 1. The van der Waals surface area contributed by atoms with Gasteiger partial charge in [-0.25, -0.2) is 0 Å². The summed E-state index contributed by atoms with van der Waals surface area (Å²) in [5, 5.41) is 3.09. The summed E-state index contributed by atoms with van der Waals surface area (Å²) in [6.07, 6.45) is 2.19. The quantitative estimate of drug-likeness (QED) is 0.259. The van der Waals surface area contributed by atoms with Crippen molar-refractivity contribution in [1.29, 1.82) is 0 Å². The van der Waals surface area contributed by atoms with Crippen LogP contribution in [0.15, 0.2) is 23.2 Å². The smallest absolute Gasteiger partial charge is 0.193 e. The molecule has 1 heterocycles. The van der Waals surface area contributed by atoms with Gasteiger partial charge in [0.15, 0.2) is 17.5 Å². The Bertz CT molecular complexity index is 563. The van der Waals surface area contributed by atoms with Gasteiger partial charge in [-0.1, -0.05) is 0 Å². The zero-order valence-electron chi connectivity index (χ0n) is 16.0. The molecule has 0 unspecified atom stereocenters. The summed E-state index contributed by atoms with van der Waals surface area (Å²) in [6, 6.07) is 5.57. The number of halogens is 1. The standard InChI is InChI=1S/C18H31N5O2.HI/c1-22-10-12-23(13-11-22)9-5-4-8-20-18(19)21-15-6-7-16(24-2)17(14-15)25-3;/h6-7,14H,4-5,8-13H2,1-3H3,(H3,19,20,21);1H. The molecule has 0 aliphatic carbocycles. The Kier molecular flexibility index (Phi) is 10.7. The first-order valence-electron chi connectivity index (χ1n) is 8.82. The van der Waals surface area contributed by atoms with Crippen LogP contribution in [0, 0.1) is 0 Å². The molecule has 7 nitrogen and oxygen atoms in total. The molecule has 148 valence electrons. The number of hydrogen-bond donors (Lipinski definition) is 2. The SMILES string of the molecule is COc1ccc(NC(N)=NCCCCN2CCN(C)CC2)cc1OC.I. The van der Waals surface area contributed by atoms with Gasteiger partial charge in [-0.3, -0.25) is 4.99 Å². The van der Waals surface area contributed by atoms with Crippen LogP contribution in [0.5, 0.6) is 11.5 Å². The zero-order valence-corrected chi connectivity index (χ0v) is 18.4. The van der Waals surface area contributed by atoms with E-state index in [9.17, 15) is 0 Å². The number of guanidine groups is 1. The van der Waals surface area contributed by atoms with Gasteiger partial charge in [0.2, 0.25) is 0 Å². The Morgan fingerprint density at radius 2 is 1.81 bits per heavy atom. The molecular formula is C18H32IN5O2. The van der Waals surface area contributed by atoms with Crippen molar-refractivity contribution < 1.29 is 9.47 Å². The fraction of sp³-hybridized carbons (Fsp3) is 0.611. The van der Waals surface area contributed by atoms with Crippen molar-refractivity contribution in [2.24, 2.45) is 10.7 Å². The van der Waals surface area contributed by atoms with Gasteiger partial charge in [0.1, 0.15) is 0 Å². The Balaban J connectivity index is 0.00000338. The van der Waals surface area contributed by atoms with Gasteiger partial charge in [0.05, 0.1) is 14.2 Å². The first-order valence-corrected chi connectivity index (χ1v) is 8.82. The largest absolute Gasteiger partial charge is 0.493 e. The van der Waals surface area contributed by atoms with Crippen LogP contribution in [-0.4, -0.2) is 76.3 Å². The summed E-state index contributed by atoms with van der Waals surface area (Å²) in [4.78, 5) is 9.30. The summed E-state index contributed by atoms with van der Waals surface area (Å²) in [7, 11) is 5.41. The number of methoxy groups -OCH3 is 2. The van der Waals surface area contributed by atoms with Gasteiger partial charge in [0, 0.05) is 44.5 Å². The molecule has 1 aliphatic heterocycles. The molecule has 1 aromatic carbocycles. The van der Waals surface area contributed by atoms with E-state index >= 15 is 0 Å². The van der Waals surface area contributed by atoms with E-state index in [0.29, 0.717) is 17.5 Å². The summed E-state index contributed by atoms with van der Waals surface area (Å²) in [5.74, 6) is 1.77. The molecule has 0 amide bonds. The van der Waals surface area contributed by atoms with Gasteiger partial charge in [0.25, 0.3) is 0 Å². The lowest BCUT2D eigenvalue weighted by Gasteiger charge is -2.32. The van der Waals surface area contributed by atoms with E-state index in [-0.39, 0.29) is 24.0 Å². The van der Waals surface area contributed by atoms with Crippen molar-refractivity contribution in [3.8, 4) is 11.5 Å². The molecule has 3 N–H and O–H groups in total. The number of ether oxygens (including phenoxy) is 2. The minimum atomic E-state index is 0. The summed E-state index contributed by atoms with van der Waals surface area (Å²) in [5.41, 5.74) is 6.79. The minimum Gasteiger partial charge on any atom is -0.493 e. The van der Waals surface area contributed by atoms with Crippen molar-refractivity contribution in [2.45, 2.75) is 12.8 Å². The van der Waals surface area contributed by atoms with Crippen LogP contribution in [0.2, 0.25) is 0 Å². The number of anilines is 1. The number of likely N-dealkylation sites (N-methyl/N-ethyl adjacent to an activating group) is 1. The van der Waals surface area contributed by atoms with E-state index < -0.39 is 0 Å². The molecule has 1 saturated heterocycles. The van der Waals surface area contributed by atoms with Crippen molar-refractivity contribution in [3.05, 3.63) is 18.2 Å². The van der Waals surface area contributed by atoms with Crippen LogP contribution in [0.3, 0.4) is 0 Å². The van der Waals surface area contributed by atoms with Crippen molar-refractivity contribution >= 4 is 35.6 Å². The number of piperazine rings is 1. The number of rotatable bonds is 8. The number of benzene rings is 1. The lowest BCUT2D eigenvalue weighted by Crippen LogP contribution is -2.44. The van der Waals surface area contributed by atoms with Gasteiger partial charge < -0.3 is 30.3 Å². The van der Waals surface area contributed by atoms with E-state index in [1.165, 1.54) is 26.2 Å². The number of hydrogen-bond acceptors (Lipinski definition) is 5. The number of nitrogens with one attached hydrogen (secondary N) is 1. The van der Waals surface area contributed by atoms with Crippen LogP contribution < -0.4 is 20.5 Å². The zero-order chi connectivity index (χ0) is 18.1. The summed E-state index contributed by atoms with van der Waals surface area (Å²) >= 11 is 0. The fourth-order valence-corrected chi connectivity index (χ4v) is 2.82. The summed E-state index contributed by atoms with van der Waals surface area (Å²) in [6.45, 7) is 6.55. The summed E-state index contributed by atoms with van der Waals surface area (Å²) < 4.78 is 10.5. The van der Waals surface area contributed by atoms with Crippen LogP contribution in [-0.2, 0) is 0 Å². The highest BCUT2D eigenvalue weighted by Crippen LogP contribution is 2.29. The normalized spacial score (nSPS) is 16.0. The molecule has 1 fully saturated rings. The molecule has 1 aromatic rings. The van der Waals surface area contributed by atoms with Crippen molar-refractivity contribution in [2.75, 3.05) is 65.9 Å². The van der Waals surface area contributed by atoms with E-state index in [4.69, 9.17) is 15.2 Å². The van der Waals surface area contributed by atoms with Gasteiger partial charge in [-0.05, 0) is 38.6 Å². The molecule has 1 aliphatic rings. The Morgan fingerprint density at radius 1 is 1.12 bits per heavy atom. The average Bonchev–Trinajstić information content (AvgIpc) is 2.62. The van der Waals surface area contributed by atoms with E-state index in [1.807, 2.05) is 18.2 Å². The molecule has 0 spiro atoms. The van der Waals surface area contributed by atoms with Gasteiger partial charge >= 0.3 is 0 Å². The second-order valence-corrected chi connectivity index (χ2v) is 6.31. The van der Waals surface area contributed by atoms with Gasteiger partial charge in [-0.15, -0.1) is 24.0 Å². The third-order valence-electron chi connectivity index (χ3n) is 4.42. The first-order chi connectivity index (χ1) is 12.1. The third kappa shape index (κ3) is 7.55.